The van der Waals surface area contributed by atoms with Crippen LogP contribution in [0.5, 0.6) is 5.75 Å². The molecule has 6 nitrogen and oxygen atoms in total. The zero-order chi connectivity index (χ0) is 14.4. The van der Waals surface area contributed by atoms with E-state index in [1.807, 2.05) is 18.2 Å². The molecule has 2 aromatic rings. The highest BCUT2D eigenvalue weighted by molar-refractivity contribution is 9.10. The van der Waals surface area contributed by atoms with E-state index in [0.717, 1.165) is 10.0 Å². The number of benzene rings is 1. The highest BCUT2D eigenvalue weighted by atomic mass is 79.9. The van der Waals surface area contributed by atoms with Gasteiger partial charge in [0.15, 0.2) is 6.79 Å². The molecular weight excluding hydrogens is 344 g/mol. The molecule has 1 heterocycles. The third-order valence-corrected chi connectivity index (χ3v) is 3.57. The lowest BCUT2D eigenvalue weighted by Crippen LogP contribution is -1.99. The van der Waals surface area contributed by atoms with Gasteiger partial charge in [0, 0.05) is 12.5 Å². The van der Waals surface area contributed by atoms with Gasteiger partial charge in [0.25, 0.3) is 0 Å². The summed E-state index contributed by atoms with van der Waals surface area (Å²) in [4.78, 5) is 4.04. The van der Waals surface area contributed by atoms with Crippen molar-refractivity contribution in [1.82, 2.24) is 4.98 Å². The molecule has 0 radical (unpaired) electrons. The average molecular weight is 357 g/mol. The molecule has 0 atom stereocenters. The smallest absolute Gasteiger partial charge is 0.205 e. The first kappa shape index (κ1) is 14.8. The number of thiazole rings is 1. The van der Waals surface area contributed by atoms with Crippen molar-refractivity contribution in [3.05, 3.63) is 33.6 Å². The zero-order valence-corrected chi connectivity index (χ0v) is 13.1. The van der Waals surface area contributed by atoms with Crippen molar-refractivity contribution in [2.24, 2.45) is 5.10 Å². The average Bonchev–Trinajstić information content (AvgIpc) is 2.84. The highest BCUT2D eigenvalue weighted by Crippen LogP contribution is 2.25. The van der Waals surface area contributed by atoms with Crippen LogP contribution in [-0.4, -0.2) is 25.1 Å². The number of nitrogens with two attached hydrogens (primary N) is 1. The molecule has 0 saturated carbocycles. The Bertz CT molecular complexity index is 603. The first-order chi connectivity index (χ1) is 9.69. The molecule has 0 amide bonds. The van der Waals surface area contributed by atoms with Crippen molar-refractivity contribution in [1.29, 1.82) is 0 Å². The van der Waals surface area contributed by atoms with Gasteiger partial charge in [0.05, 0.1) is 10.7 Å². The fraction of sp³-hybridized carbons (Fsp3) is 0.167. The summed E-state index contributed by atoms with van der Waals surface area (Å²) in [6.45, 7) is 0.207. The minimum atomic E-state index is 0.207. The Hall–Kier alpha value is -1.64. The second kappa shape index (κ2) is 7.22. The van der Waals surface area contributed by atoms with E-state index >= 15 is 0 Å². The summed E-state index contributed by atoms with van der Waals surface area (Å²) < 4.78 is 11.0. The third-order valence-electron chi connectivity index (χ3n) is 2.18. The maximum absolute atomic E-state index is 5.52. The first-order valence-electron chi connectivity index (χ1n) is 5.60. The van der Waals surface area contributed by atoms with Crippen molar-refractivity contribution in [3.8, 4) is 5.75 Å². The number of rotatable bonds is 6. The number of nitrogens with zero attached hydrogens (tertiary/aromatic N) is 2. The predicted octanol–water partition coefficient (Wildman–Crippen LogP) is 2.92. The molecule has 0 fully saturated rings. The molecule has 1 aromatic heterocycles. The van der Waals surface area contributed by atoms with Gasteiger partial charge in [0.1, 0.15) is 11.6 Å². The van der Waals surface area contributed by atoms with Gasteiger partial charge in [0.2, 0.25) is 5.13 Å². The Morgan fingerprint density at radius 1 is 1.55 bits per heavy atom. The van der Waals surface area contributed by atoms with Crippen LogP contribution in [0.1, 0.15) is 5.56 Å². The number of hydrogen-bond donors (Lipinski definition) is 2. The van der Waals surface area contributed by atoms with Crippen LogP contribution in [0.4, 0.5) is 10.9 Å². The largest absolute Gasteiger partial charge is 0.466 e. The SMILES string of the molecule is COCOc1ccc(C=NNc2nc(N)cs2)cc1Br. The van der Waals surface area contributed by atoms with Crippen LogP contribution in [-0.2, 0) is 4.74 Å². The number of hydrazone groups is 1. The molecule has 0 bridgehead atoms. The first-order valence-corrected chi connectivity index (χ1v) is 7.27. The lowest BCUT2D eigenvalue weighted by Gasteiger charge is -2.07. The van der Waals surface area contributed by atoms with E-state index < -0.39 is 0 Å². The maximum atomic E-state index is 5.52. The van der Waals surface area contributed by atoms with Crippen LogP contribution < -0.4 is 15.9 Å². The molecular formula is C12H13BrN4O2S. The predicted molar refractivity (Wildman–Crippen MR) is 84.4 cm³/mol. The number of aromatic nitrogens is 1. The number of ether oxygens (including phenoxy) is 2. The lowest BCUT2D eigenvalue weighted by molar-refractivity contribution is 0.0506. The summed E-state index contributed by atoms with van der Waals surface area (Å²) in [5.41, 5.74) is 9.24. The Morgan fingerprint density at radius 2 is 2.40 bits per heavy atom. The Labute approximate surface area is 128 Å². The highest BCUT2D eigenvalue weighted by Gasteiger charge is 2.01. The van der Waals surface area contributed by atoms with Crippen LogP contribution >= 0.6 is 27.3 Å². The van der Waals surface area contributed by atoms with Gasteiger partial charge in [-0.05, 0) is 39.7 Å². The minimum Gasteiger partial charge on any atom is -0.466 e. The van der Waals surface area contributed by atoms with E-state index in [1.54, 1.807) is 18.7 Å². The van der Waals surface area contributed by atoms with E-state index in [1.165, 1.54) is 11.3 Å². The van der Waals surface area contributed by atoms with Gasteiger partial charge in [-0.2, -0.15) is 5.10 Å². The van der Waals surface area contributed by atoms with Crippen LogP contribution in [0, 0.1) is 0 Å². The number of nitrogen functional groups attached to an aromatic ring is 1. The van der Waals surface area contributed by atoms with Gasteiger partial charge in [-0.15, -0.1) is 11.3 Å². The standard InChI is InChI=1S/C12H13BrN4O2S/c1-18-7-19-10-3-2-8(4-9(10)13)5-15-17-12-16-11(14)6-20-12/h2-6H,7,14H2,1H3,(H,16,17). The normalized spacial score (nSPS) is 10.9. The third kappa shape index (κ3) is 4.19. The van der Waals surface area contributed by atoms with Gasteiger partial charge in [-0.1, -0.05) is 0 Å². The fourth-order valence-electron chi connectivity index (χ4n) is 1.34. The van der Waals surface area contributed by atoms with E-state index in [2.05, 4.69) is 31.4 Å². The van der Waals surface area contributed by atoms with Crippen molar-refractivity contribution < 1.29 is 9.47 Å². The van der Waals surface area contributed by atoms with E-state index in [0.29, 0.717) is 16.7 Å². The number of anilines is 2. The minimum absolute atomic E-state index is 0.207. The van der Waals surface area contributed by atoms with Crippen molar-refractivity contribution in [2.45, 2.75) is 0 Å². The Kier molecular flexibility index (Phi) is 5.33. The monoisotopic (exact) mass is 356 g/mol. The van der Waals surface area contributed by atoms with E-state index in [-0.39, 0.29) is 6.79 Å². The second-order valence-electron chi connectivity index (χ2n) is 3.69. The topological polar surface area (TPSA) is 81.8 Å². The maximum Gasteiger partial charge on any atom is 0.205 e. The number of nitrogens with one attached hydrogen (secondary N) is 1. The molecule has 2 rings (SSSR count). The summed E-state index contributed by atoms with van der Waals surface area (Å²) in [6.07, 6.45) is 1.68. The van der Waals surface area contributed by atoms with Gasteiger partial charge < -0.3 is 15.2 Å². The number of methoxy groups -OCH3 is 1. The molecule has 8 heteroatoms. The van der Waals surface area contributed by atoms with Crippen LogP contribution in [0.3, 0.4) is 0 Å². The summed E-state index contributed by atoms with van der Waals surface area (Å²) in [5.74, 6) is 1.19. The Balaban J connectivity index is 1.97. The molecule has 20 heavy (non-hydrogen) atoms. The van der Waals surface area contributed by atoms with Gasteiger partial charge in [-0.25, -0.2) is 4.98 Å². The van der Waals surface area contributed by atoms with Crippen molar-refractivity contribution in [3.63, 3.8) is 0 Å². The van der Waals surface area contributed by atoms with E-state index in [4.69, 9.17) is 15.2 Å². The van der Waals surface area contributed by atoms with Crippen LogP contribution in [0.25, 0.3) is 0 Å². The fourth-order valence-corrected chi connectivity index (χ4v) is 2.40. The molecule has 0 unspecified atom stereocenters. The van der Waals surface area contributed by atoms with Crippen molar-refractivity contribution in [2.75, 3.05) is 25.1 Å². The number of hydrogen-bond acceptors (Lipinski definition) is 7. The van der Waals surface area contributed by atoms with Crippen molar-refractivity contribution >= 4 is 44.4 Å². The van der Waals surface area contributed by atoms with Crippen LogP contribution in [0.2, 0.25) is 0 Å². The molecule has 0 aliphatic heterocycles. The molecule has 0 saturated heterocycles. The molecule has 0 spiro atoms. The zero-order valence-electron chi connectivity index (χ0n) is 10.7. The molecule has 106 valence electrons. The summed E-state index contributed by atoms with van der Waals surface area (Å²) in [7, 11) is 1.58. The lowest BCUT2D eigenvalue weighted by atomic mass is 10.2. The summed E-state index contributed by atoms with van der Waals surface area (Å²) >= 11 is 4.82. The molecule has 3 N–H and O–H groups in total. The quantitative estimate of drug-likeness (QED) is 0.472. The molecule has 0 aliphatic carbocycles. The Morgan fingerprint density at radius 3 is 3.05 bits per heavy atom. The number of halogens is 1. The summed E-state index contributed by atoms with van der Waals surface area (Å²) in [5, 5.41) is 6.49. The van der Waals surface area contributed by atoms with E-state index in [9.17, 15) is 0 Å². The van der Waals surface area contributed by atoms with Crippen LogP contribution in [0.15, 0.2) is 33.2 Å². The molecule has 0 aliphatic rings. The summed E-state index contributed by atoms with van der Waals surface area (Å²) in [6, 6.07) is 5.62. The van der Waals surface area contributed by atoms with Gasteiger partial charge >= 0.3 is 0 Å². The molecule has 1 aromatic carbocycles. The van der Waals surface area contributed by atoms with Gasteiger partial charge in [-0.3, -0.25) is 5.43 Å². The second-order valence-corrected chi connectivity index (χ2v) is 5.40.